The Morgan fingerprint density at radius 3 is 2.33 bits per heavy atom. The number of hydrogen-bond acceptors (Lipinski definition) is 3. The van der Waals surface area contributed by atoms with E-state index in [0.29, 0.717) is 12.1 Å². The maximum atomic E-state index is 13.6. The van der Waals surface area contributed by atoms with Gasteiger partial charge in [-0.25, -0.2) is 18.6 Å². The average Bonchev–Trinajstić information content (AvgIpc) is 2.78. The molecule has 0 spiro atoms. The van der Waals surface area contributed by atoms with Crippen LogP contribution in [0.25, 0.3) is 11.5 Å². The summed E-state index contributed by atoms with van der Waals surface area (Å²) in [5.74, 6) is -6.93. The van der Waals surface area contributed by atoms with Crippen molar-refractivity contribution in [3.05, 3.63) is 40.2 Å². The molecule has 0 fully saturated rings. The zero-order valence-corrected chi connectivity index (χ0v) is 10.4. The molecule has 1 heterocycles. The van der Waals surface area contributed by atoms with Crippen LogP contribution < -0.4 is 0 Å². The number of aromatic carboxylic acids is 1. The smallest absolute Gasteiger partial charge is 0.437 e. The Kier molecular flexibility index (Phi) is 3.62. The van der Waals surface area contributed by atoms with Crippen molar-refractivity contribution >= 4 is 17.6 Å². The molecule has 112 valence electrons. The second kappa shape index (κ2) is 4.99. The molecule has 1 aromatic heterocycles. The summed E-state index contributed by atoms with van der Waals surface area (Å²) in [7, 11) is 0. The van der Waals surface area contributed by atoms with Crippen molar-refractivity contribution < 1.29 is 36.3 Å². The molecule has 0 saturated heterocycles. The number of oxazole rings is 1. The Morgan fingerprint density at radius 1 is 1.24 bits per heavy atom. The number of halogens is 6. The van der Waals surface area contributed by atoms with Crippen molar-refractivity contribution in [2.24, 2.45) is 0 Å². The van der Waals surface area contributed by atoms with Crippen molar-refractivity contribution in [3.63, 3.8) is 0 Å². The summed E-state index contributed by atoms with van der Waals surface area (Å²) >= 11 is 5.29. The molecule has 10 heteroatoms. The Morgan fingerprint density at radius 2 is 1.86 bits per heavy atom. The van der Waals surface area contributed by atoms with Crippen LogP contribution in [0.3, 0.4) is 0 Å². The molecule has 0 aliphatic rings. The van der Waals surface area contributed by atoms with Gasteiger partial charge in [0.05, 0.1) is 10.6 Å². The molecule has 0 atom stereocenters. The molecule has 0 radical (unpaired) electrons. The second-order valence-corrected chi connectivity index (χ2v) is 4.15. The van der Waals surface area contributed by atoms with Gasteiger partial charge >= 0.3 is 12.1 Å². The van der Waals surface area contributed by atoms with E-state index in [0.717, 1.165) is 0 Å². The summed E-state index contributed by atoms with van der Waals surface area (Å²) in [5, 5.41) is 8.03. The number of hydrogen-bond donors (Lipinski definition) is 1. The van der Waals surface area contributed by atoms with Gasteiger partial charge in [-0.05, 0) is 12.1 Å². The largest absolute Gasteiger partial charge is 0.475 e. The highest BCUT2D eigenvalue weighted by Crippen LogP contribution is 2.35. The van der Waals surface area contributed by atoms with Gasteiger partial charge in [0.2, 0.25) is 11.7 Å². The molecule has 1 aromatic carbocycles. The van der Waals surface area contributed by atoms with Crippen LogP contribution in [-0.4, -0.2) is 16.1 Å². The van der Waals surface area contributed by atoms with Crippen LogP contribution in [0.1, 0.15) is 16.2 Å². The highest BCUT2D eigenvalue weighted by Gasteiger charge is 2.41. The molecule has 2 aromatic rings. The topological polar surface area (TPSA) is 63.3 Å². The van der Waals surface area contributed by atoms with Gasteiger partial charge < -0.3 is 9.52 Å². The quantitative estimate of drug-likeness (QED) is 0.669. The minimum Gasteiger partial charge on any atom is -0.475 e. The molecular formula is C11H3ClF5NO3. The molecule has 0 amide bonds. The standard InChI is InChI=1S/C11H3ClF5NO3/c12-4-2-5(13)3(1-6(4)14)9-18-8(11(15,16)17)7(21-9)10(19)20/h1-2H,(H,19,20). The number of carbonyl (C=O) groups is 1. The van der Waals surface area contributed by atoms with Crippen LogP contribution in [0.5, 0.6) is 0 Å². The number of nitrogens with zero attached hydrogens (tertiary/aromatic N) is 1. The van der Waals surface area contributed by atoms with Gasteiger partial charge in [0, 0.05) is 0 Å². The zero-order chi connectivity index (χ0) is 15.9. The first-order valence-corrected chi connectivity index (χ1v) is 5.45. The van der Waals surface area contributed by atoms with Gasteiger partial charge in [0.1, 0.15) is 11.6 Å². The molecule has 0 aliphatic carbocycles. The maximum absolute atomic E-state index is 13.6. The van der Waals surface area contributed by atoms with E-state index in [4.69, 9.17) is 16.7 Å². The molecule has 0 bridgehead atoms. The van der Waals surface area contributed by atoms with Crippen molar-refractivity contribution in [2.75, 3.05) is 0 Å². The molecule has 21 heavy (non-hydrogen) atoms. The third-order valence-electron chi connectivity index (χ3n) is 2.33. The number of alkyl halides is 3. The lowest BCUT2D eigenvalue weighted by Gasteiger charge is -2.01. The number of carboxylic acids is 1. The monoisotopic (exact) mass is 327 g/mol. The predicted octanol–water partition coefficient (Wildman–Crippen LogP) is 3.99. The van der Waals surface area contributed by atoms with E-state index in [1.54, 1.807) is 0 Å². The van der Waals surface area contributed by atoms with E-state index < -0.39 is 51.7 Å². The predicted molar refractivity (Wildman–Crippen MR) is 58.8 cm³/mol. The number of benzene rings is 1. The van der Waals surface area contributed by atoms with Crippen molar-refractivity contribution in [3.8, 4) is 11.5 Å². The molecular weight excluding hydrogens is 325 g/mol. The van der Waals surface area contributed by atoms with E-state index in [9.17, 15) is 26.7 Å². The first kappa shape index (κ1) is 15.2. The van der Waals surface area contributed by atoms with E-state index in [2.05, 4.69) is 9.40 Å². The molecule has 4 nitrogen and oxygen atoms in total. The fraction of sp³-hybridized carbons (Fsp3) is 0.0909. The van der Waals surface area contributed by atoms with E-state index in [-0.39, 0.29) is 0 Å². The summed E-state index contributed by atoms with van der Waals surface area (Å²) in [4.78, 5) is 13.6. The minimum atomic E-state index is -5.13. The fourth-order valence-electron chi connectivity index (χ4n) is 1.46. The van der Waals surface area contributed by atoms with Crippen molar-refractivity contribution in [1.29, 1.82) is 0 Å². The number of carboxylic acid groups (broad SMARTS) is 1. The Labute approximate surface area is 117 Å². The van der Waals surface area contributed by atoms with Gasteiger partial charge in [-0.3, -0.25) is 0 Å². The lowest BCUT2D eigenvalue weighted by molar-refractivity contribution is -0.141. The molecule has 1 N–H and O–H groups in total. The molecule has 0 aliphatic heterocycles. The molecule has 0 saturated carbocycles. The lowest BCUT2D eigenvalue weighted by Crippen LogP contribution is -2.11. The van der Waals surface area contributed by atoms with Crippen LogP contribution >= 0.6 is 11.6 Å². The van der Waals surface area contributed by atoms with E-state index >= 15 is 0 Å². The number of rotatable bonds is 2. The van der Waals surface area contributed by atoms with Crippen LogP contribution in [0.4, 0.5) is 22.0 Å². The number of aromatic nitrogens is 1. The molecule has 0 unspecified atom stereocenters. The average molecular weight is 328 g/mol. The van der Waals surface area contributed by atoms with Gasteiger partial charge in [0.15, 0.2) is 5.69 Å². The van der Waals surface area contributed by atoms with Gasteiger partial charge in [-0.15, -0.1) is 0 Å². The summed E-state index contributed by atoms with van der Waals surface area (Å²) in [6.45, 7) is 0. The van der Waals surface area contributed by atoms with Crippen LogP contribution in [0.15, 0.2) is 16.5 Å². The third kappa shape index (κ3) is 2.82. The van der Waals surface area contributed by atoms with Crippen LogP contribution in [0.2, 0.25) is 5.02 Å². The maximum Gasteiger partial charge on any atom is 0.437 e. The van der Waals surface area contributed by atoms with Gasteiger partial charge in [-0.2, -0.15) is 13.2 Å². The highest BCUT2D eigenvalue weighted by molar-refractivity contribution is 6.30. The van der Waals surface area contributed by atoms with Gasteiger partial charge in [0.25, 0.3) is 0 Å². The summed E-state index contributed by atoms with van der Waals surface area (Å²) in [6, 6.07) is 0.958. The van der Waals surface area contributed by atoms with E-state index in [1.165, 1.54) is 0 Å². The van der Waals surface area contributed by atoms with E-state index in [1.807, 2.05) is 0 Å². The second-order valence-electron chi connectivity index (χ2n) is 3.75. The zero-order valence-electron chi connectivity index (χ0n) is 9.63. The summed E-state index contributed by atoms with van der Waals surface area (Å²) in [6.07, 6.45) is -5.13. The van der Waals surface area contributed by atoms with Crippen LogP contribution in [-0.2, 0) is 6.18 Å². The lowest BCUT2D eigenvalue weighted by atomic mass is 10.2. The van der Waals surface area contributed by atoms with Crippen molar-refractivity contribution in [2.45, 2.75) is 6.18 Å². The summed E-state index contributed by atoms with van der Waals surface area (Å²) in [5.41, 5.74) is -2.63. The molecule has 2 rings (SSSR count). The minimum absolute atomic E-state index is 0.454. The SMILES string of the molecule is O=C(O)c1oc(-c2cc(F)c(Cl)cc2F)nc1C(F)(F)F. The fourth-order valence-corrected chi connectivity index (χ4v) is 1.61. The first-order valence-electron chi connectivity index (χ1n) is 5.07. The van der Waals surface area contributed by atoms with Crippen LogP contribution in [0, 0.1) is 11.6 Å². The van der Waals surface area contributed by atoms with Crippen molar-refractivity contribution in [1.82, 2.24) is 4.98 Å². The Balaban J connectivity index is 2.66. The third-order valence-corrected chi connectivity index (χ3v) is 2.62. The Hall–Kier alpha value is -2.16. The first-order chi connectivity index (χ1) is 9.61. The Bertz CT molecular complexity index is 725. The van der Waals surface area contributed by atoms with Gasteiger partial charge in [-0.1, -0.05) is 11.6 Å². The normalized spacial score (nSPS) is 11.7. The summed E-state index contributed by atoms with van der Waals surface area (Å²) < 4.78 is 69.0. The highest BCUT2D eigenvalue weighted by atomic mass is 35.5.